The van der Waals surface area contributed by atoms with Gasteiger partial charge >= 0.3 is 5.97 Å². The van der Waals surface area contributed by atoms with Gasteiger partial charge in [-0.05, 0) is 61.4 Å². The summed E-state index contributed by atoms with van der Waals surface area (Å²) in [4.78, 5) is 25.3. The third-order valence-corrected chi connectivity index (χ3v) is 8.70. The van der Waals surface area contributed by atoms with E-state index in [2.05, 4.69) is 0 Å². The zero-order chi connectivity index (χ0) is 28.2. The number of hydrogen-bond donors (Lipinski definition) is 0. The van der Waals surface area contributed by atoms with E-state index >= 15 is 0 Å². The largest absolute Gasteiger partial charge is 0.454 e. The third kappa shape index (κ3) is 6.23. The highest BCUT2D eigenvalue weighted by Gasteiger charge is 2.21. The third-order valence-electron chi connectivity index (χ3n) is 6.63. The Morgan fingerprint density at radius 1 is 1.00 bits per heavy atom. The molecule has 2 heterocycles. The van der Waals surface area contributed by atoms with Crippen LogP contribution in [0.25, 0.3) is 6.08 Å². The van der Waals surface area contributed by atoms with E-state index in [1.807, 2.05) is 36.6 Å². The van der Waals surface area contributed by atoms with Crippen molar-refractivity contribution in [3.63, 3.8) is 0 Å². The molecule has 3 aromatic rings. The number of carbonyl (C=O) groups excluding carboxylic acids is 2. The van der Waals surface area contributed by atoms with Crippen LogP contribution in [-0.4, -0.2) is 55.5 Å². The zero-order valence-electron chi connectivity index (χ0n) is 22.5. The molecule has 1 aliphatic rings. The predicted molar refractivity (Wildman–Crippen MR) is 146 cm³/mol. The van der Waals surface area contributed by atoms with E-state index in [-0.39, 0.29) is 17.5 Å². The van der Waals surface area contributed by atoms with Gasteiger partial charge in [0.15, 0.2) is 18.1 Å². The van der Waals surface area contributed by atoms with Gasteiger partial charge in [-0.3, -0.25) is 4.79 Å². The normalized spacial score (nSPS) is 12.8. The van der Waals surface area contributed by atoms with Crippen LogP contribution in [0.5, 0.6) is 11.5 Å². The van der Waals surface area contributed by atoms with Crippen LogP contribution < -0.4 is 9.47 Å². The fourth-order valence-corrected chi connectivity index (χ4v) is 5.90. The number of ether oxygens (including phenoxy) is 3. The van der Waals surface area contributed by atoms with Crippen molar-refractivity contribution in [2.45, 2.75) is 39.1 Å². The van der Waals surface area contributed by atoms with E-state index in [4.69, 9.17) is 14.2 Å². The van der Waals surface area contributed by atoms with Gasteiger partial charge in [0.2, 0.25) is 22.6 Å². The lowest BCUT2D eigenvalue weighted by atomic mass is 10.1. The van der Waals surface area contributed by atoms with E-state index in [0.717, 1.165) is 17.0 Å². The fraction of sp³-hybridized carbons (Fsp3) is 0.310. The van der Waals surface area contributed by atoms with Gasteiger partial charge < -0.3 is 18.8 Å². The van der Waals surface area contributed by atoms with Crippen molar-refractivity contribution in [1.29, 1.82) is 0 Å². The first kappa shape index (κ1) is 28.1. The molecule has 0 saturated heterocycles. The molecular formula is C29H32N2O7S. The molecule has 2 aromatic carbocycles. The van der Waals surface area contributed by atoms with Gasteiger partial charge in [-0.2, -0.15) is 4.31 Å². The number of carbonyl (C=O) groups is 2. The van der Waals surface area contributed by atoms with Crippen molar-refractivity contribution in [3.8, 4) is 11.5 Å². The molecule has 9 nitrogen and oxygen atoms in total. The average molecular weight is 553 g/mol. The average Bonchev–Trinajstić information content (AvgIpc) is 3.51. The summed E-state index contributed by atoms with van der Waals surface area (Å²) in [6.45, 7) is 8.49. The molecular weight excluding hydrogens is 520 g/mol. The zero-order valence-corrected chi connectivity index (χ0v) is 23.3. The Kier molecular flexibility index (Phi) is 8.57. The first-order valence-corrected chi connectivity index (χ1v) is 14.1. The van der Waals surface area contributed by atoms with Crippen LogP contribution in [0.1, 0.15) is 46.7 Å². The number of Topliss-reactive ketones (excluding diaryl/α,β-unsaturated/α-hetero) is 1. The van der Waals surface area contributed by atoms with Crippen molar-refractivity contribution in [3.05, 3.63) is 82.7 Å². The van der Waals surface area contributed by atoms with Gasteiger partial charge in [-0.25, -0.2) is 13.2 Å². The second-order valence-electron chi connectivity index (χ2n) is 9.08. The smallest absolute Gasteiger partial charge is 0.331 e. The Hall–Kier alpha value is -3.89. The SMILES string of the molecule is CCN(CC)S(=O)(=O)c1ccc(/C=C/C(=O)OCC(=O)c2cc(C)n(Cc3ccc4c(c3)OCO4)c2C)cc1. The second kappa shape index (κ2) is 11.9. The van der Waals surface area contributed by atoms with Crippen molar-refractivity contribution < 1.29 is 32.2 Å². The summed E-state index contributed by atoms with van der Waals surface area (Å²) in [5.74, 6) is 0.448. The van der Waals surface area contributed by atoms with Gasteiger partial charge in [0.25, 0.3) is 0 Å². The highest BCUT2D eigenvalue weighted by Crippen LogP contribution is 2.33. The summed E-state index contributed by atoms with van der Waals surface area (Å²) >= 11 is 0. The number of fused-ring (bicyclic) bond motifs is 1. The molecule has 1 aliphatic heterocycles. The molecule has 0 atom stereocenters. The van der Waals surface area contributed by atoms with Gasteiger partial charge in [0.05, 0.1) is 4.90 Å². The molecule has 10 heteroatoms. The van der Waals surface area contributed by atoms with E-state index in [9.17, 15) is 18.0 Å². The number of hydrogen-bond acceptors (Lipinski definition) is 7. The molecule has 0 amide bonds. The molecule has 0 bridgehead atoms. The molecule has 0 saturated carbocycles. The van der Waals surface area contributed by atoms with Crippen LogP contribution in [-0.2, 0) is 26.1 Å². The number of aromatic nitrogens is 1. The first-order chi connectivity index (χ1) is 18.6. The van der Waals surface area contributed by atoms with Crippen molar-refractivity contribution in [2.75, 3.05) is 26.5 Å². The van der Waals surface area contributed by atoms with Crippen LogP contribution in [0.2, 0.25) is 0 Å². The summed E-state index contributed by atoms with van der Waals surface area (Å²) in [6, 6.07) is 13.8. The monoisotopic (exact) mass is 552 g/mol. The molecule has 0 N–H and O–H groups in total. The van der Waals surface area contributed by atoms with Gasteiger partial charge in [0, 0.05) is 42.7 Å². The Morgan fingerprint density at radius 3 is 2.38 bits per heavy atom. The maximum absolute atomic E-state index is 12.8. The lowest BCUT2D eigenvalue weighted by molar-refractivity contribution is -0.136. The minimum Gasteiger partial charge on any atom is -0.454 e. The molecule has 4 rings (SSSR count). The van der Waals surface area contributed by atoms with E-state index in [0.29, 0.717) is 42.3 Å². The van der Waals surface area contributed by atoms with Crippen LogP contribution in [0.3, 0.4) is 0 Å². The maximum Gasteiger partial charge on any atom is 0.331 e. The molecule has 39 heavy (non-hydrogen) atoms. The maximum atomic E-state index is 12.8. The molecule has 0 radical (unpaired) electrons. The number of aryl methyl sites for hydroxylation is 1. The van der Waals surface area contributed by atoms with Gasteiger partial charge in [-0.1, -0.05) is 32.0 Å². The molecule has 0 spiro atoms. The summed E-state index contributed by atoms with van der Waals surface area (Å²) in [5.41, 5.74) is 3.82. The molecule has 0 fully saturated rings. The van der Waals surface area contributed by atoms with E-state index in [1.54, 1.807) is 32.0 Å². The Labute approximate surface area is 228 Å². The predicted octanol–water partition coefficient (Wildman–Crippen LogP) is 4.35. The van der Waals surface area contributed by atoms with Crippen molar-refractivity contribution >= 4 is 27.9 Å². The second-order valence-corrected chi connectivity index (χ2v) is 11.0. The number of rotatable bonds is 11. The summed E-state index contributed by atoms with van der Waals surface area (Å²) in [5, 5.41) is 0. The highest BCUT2D eigenvalue weighted by molar-refractivity contribution is 7.89. The fourth-order valence-electron chi connectivity index (χ4n) is 4.44. The van der Waals surface area contributed by atoms with Gasteiger partial charge in [0.1, 0.15) is 0 Å². The summed E-state index contributed by atoms with van der Waals surface area (Å²) in [7, 11) is -3.55. The van der Waals surface area contributed by atoms with Crippen molar-refractivity contribution in [2.24, 2.45) is 0 Å². The number of nitrogens with zero attached hydrogens (tertiary/aromatic N) is 2. The number of ketones is 1. The molecule has 0 aliphatic carbocycles. The quantitative estimate of drug-likeness (QED) is 0.198. The van der Waals surface area contributed by atoms with Crippen LogP contribution in [0.15, 0.2) is 59.5 Å². The Balaban J connectivity index is 1.35. The minimum absolute atomic E-state index is 0.188. The topological polar surface area (TPSA) is 104 Å². The van der Waals surface area contributed by atoms with Crippen LogP contribution in [0, 0.1) is 13.8 Å². The lowest BCUT2D eigenvalue weighted by Gasteiger charge is -2.18. The molecule has 1 aromatic heterocycles. The van der Waals surface area contributed by atoms with Crippen LogP contribution in [0.4, 0.5) is 0 Å². The lowest BCUT2D eigenvalue weighted by Crippen LogP contribution is -2.30. The summed E-state index contributed by atoms with van der Waals surface area (Å²) < 4.78 is 44.6. The summed E-state index contributed by atoms with van der Waals surface area (Å²) in [6.07, 6.45) is 2.72. The van der Waals surface area contributed by atoms with E-state index in [1.165, 1.54) is 28.6 Å². The highest BCUT2D eigenvalue weighted by atomic mass is 32.2. The number of sulfonamides is 1. The van der Waals surface area contributed by atoms with Gasteiger partial charge in [-0.15, -0.1) is 0 Å². The number of esters is 1. The standard InChI is InChI=1S/C29H32N2O7S/c1-5-30(6-2)39(34,35)24-11-7-22(8-12-24)10-14-29(33)36-18-26(32)25-15-20(3)31(21(25)4)17-23-9-13-27-28(16-23)38-19-37-27/h7-16H,5-6,17-19H2,1-4H3/b14-10+. The Morgan fingerprint density at radius 2 is 1.69 bits per heavy atom. The molecule has 0 unspecified atom stereocenters. The van der Waals surface area contributed by atoms with E-state index < -0.39 is 22.6 Å². The van der Waals surface area contributed by atoms with Crippen molar-refractivity contribution in [1.82, 2.24) is 8.87 Å². The van der Waals surface area contributed by atoms with Crippen LogP contribution >= 0.6 is 0 Å². The Bertz CT molecular complexity index is 1500. The minimum atomic E-state index is -3.55. The first-order valence-electron chi connectivity index (χ1n) is 12.7. The number of benzene rings is 2. The molecule has 206 valence electrons.